The van der Waals surface area contributed by atoms with E-state index in [2.05, 4.69) is 132 Å². The molecule has 10 rings (SSSR count). The number of pyridine rings is 1. The van der Waals surface area contributed by atoms with Gasteiger partial charge in [-0.3, -0.25) is 0 Å². The Hall–Kier alpha value is -5.23. The standard InChI is InChI=1S/C39H22N2OS2/c1-2-8-27-23(7-1)13-17-33-38(27)32-20-26(22-40-39(32)42-33)41(24-15-18-36-31(19-24)29-10-4-6-12-35(29)43-36)25-14-16-30-28-9-3-5-11-34(28)44-37(30)21-25/h1-22H. The molecule has 0 N–H and O–H groups in total. The largest absolute Gasteiger partial charge is 0.438 e. The number of fused-ring (bicyclic) bond motifs is 11. The lowest BCUT2D eigenvalue weighted by atomic mass is 10.0. The van der Waals surface area contributed by atoms with Crippen molar-refractivity contribution >= 4 is 113 Å². The van der Waals surface area contributed by atoms with Crippen LogP contribution < -0.4 is 4.90 Å². The summed E-state index contributed by atoms with van der Waals surface area (Å²) in [6, 6.07) is 45.9. The number of benzene rings is 6. The normalized spacial score (nSPS) is 12.1. The first-order valence-corrected chi connectivity index (χ1v) is 16.2. The quantitative estimate of drug-likeness (QED) is 0.203. The summed E-state index contributed by atoms with van der Waals surface area (Å²) in [6.07, 6.45) is 1.94. The van der Waals surface area contributed by atoms with Gasteiger partial charge in [-0.15, -0.1) is 22.7 Å². The zero-order chi connectivity index (χ0) is 28.8. The fraction of sp³-hybridized carbons (Fsp3) is 0. The summed E-state index contributed by atoms with van der Waals surface area (Å²) in [5.74, 6) is 0. The van der Waals surface area contributed by atoms with Gasteiger partial charge in [0.05, 0.1) is 17.3 Å². The number of aromatic nitrogens is 1. The van der Waals surface area contributed by atoms with Gasteiger partial charge in [-0.25, -0.2) is 4.98 Å². The first-order valence-electron chi connectivity index (χ1n) is 14.6. The fourth-order valence-corrected chi connectivity index (χ4v) is 8.92. The number of anilines is 3. The van der Waals surface area contributed by atoms with E-state index in [1.54, 1.807) is 0 Å². The number of hydrogen-bond acceptors (Lipinski definition) is 5. The van der Waals surface area contributed by atoms with Crippen LogP contribution in [0.2, 0.25) is 0 Å². The second-order valence-electron chi connectivity index (χ2n) is 11.2. The Labute approximate surface area is 259 Å². The van der Waals surface area contributed by atoms with E-state index in [9.17, 15) is 0 Å². The van der Waals surface area contributed by atoms with Gasteiger partial charge in [0.25, 0.3) is 0 Å². The van der Waals surface area contributed by atoms with Gasteiger partial charge in [0.1, 0.15) is 5.58 Å². The van der Waals surface area contributed by atoms with Gasteiger partial charge in [-0.1, -0.05) is 72.8 Å². The van der Waals surface area contributed by atoms with Gasteiger partial charge in [-0.2, -0.15) is 0 Å². The molecule has 4 heterocycles. The van der Waals surface area contributed by atoms with Gasteiger partial charge >= 0.3 is 0 Å². The minimum absolute atomic E-state index is 0.652. The maximum atomic E-state index is 6.27. The lowest BCUT2D eigenvalue weighted by Gasteiger charge is -2.25. The Kier molecular flexibility index (Phi) is 5.03. The maximum absolute atomic E-state index is 6.27. The van der Waals surface area contributed by atoms with Gasteiger partial charge in [0.2, 0.25) is 5.71 Å². The van der Waals surface area contributed by atoms with E-state index in [1.807, 2.05) is 28.9 Å². The number of thiophene rings is 2. The molecule has 0 aliphatic rings. The van der Waals surface area contributed by atoms with Crippen molar-refractivity contribution in [3.8, 4) is 0 Å². The second kappa shape index (κ2) is 9.13. The number of hydrogen-bond donors (Lipinski definition) is 0. The van der Waals surface area contributed by atoms with E-state index in [0.29, 0.717) is 5.71 Å². The molecule has 0 saturated carbocycles. The number of nitrogens with zero attached hydrogens (tertiary/aromatic N) is 2. The van der Waals surface area contributed by atoms with Crippen LogP contribution >= 0.6 is 22.7 Å². The highest BCUT2D eigenvalue weighted by molar-refractivity contribution is 7.26. The summed E-state index contributed by atoms with van der Waals surface area (Å²) >= 11 is 3.68. The van der Waals surface area contributed by atoms with Crippen molar-refractivity contribution in [3.63, 3.8) is 0 Å². The summed E-state index contributed by atoms with van der Waals surface area (Å²) in [5, 5.41) is 9.63. The highest BCUT2D eigenvalue weighted by Gasteiger charge is 2.19. The molecule has 206 valence electrons. The third-order valence-corrected chi connectivity index (χ3v) is 11.0. The van der Waals surface area contributed by atoms with E-state index in [1.165, 1.54) is 51.1 Å². The molecule has 0 aliphatic carbocycles. The minimum Gasteiger partial charge on any atom is -0.438 e. The number of rotatable bonds is 3. The van der Waals surface area contributed by atoms with E-state index in [4.69, 9.17) is 9.40 Å². The Morgan fingerprint density at radius 2 is 1.11 bits per heavy atom. The smallest absolute Gasteiger partial charge is 0.227 e. The van der Waals surface area contributed by atoms with Gasteiger partial charge in [-0.05, 0) is 65.4 Å². The Morgan fingerprint density at radius 1 is 0.477 bits per heavy atom. The van der Waals surface area contributed by atoms with Crippen LogP contribution in [0, 0.1) is 0 Å². The molecule has 0 amide bonds. The molecule has 0 spiro atoms. The summed E-state index contributed by atoms with van der Waals surface area (Å²) in [7, 11) is 0. The third kappa shape index (κ3) is 3.51. The molecule has 4 aromatic heterocycles. The molecule has 0 bridgehead atoms. The summed E-state index contributed by atoms with van der Waals surface area (Å²) in [4.78, 5) is 7.23. The van der Waals surface area contributed by atoms with Crippen LogP contribution in [0.1, 0.15) is 0 Å². The van der Waals surface area contributed by atoms with Crippen molar-refractivity contribution < 1.29 is 4.42 Å². The molecule has 3 nitrogen and oxygen atoms in total. The molecule has 0 unspecified atom stereocenters. The van der Waals surface area contributed by atoms with Crippen molar-refractivity contribution in [1.82, 2.24) is 4.98 Å². The van der Waals surface area contributed by atoms with E-state index in [0.717, 1.165) is 33.4 Å². The van der Waals surface area contributed by atoms with Crippen LogP contribution in [0.5, 0.6) is 0 Å². The van der Waals surface area contributed by atoms with Crippen LogP contribution in [-0.2, 0) is 0 Å². The second-order valence-corrected chi connectivity index (χ2v) is 13.4. The van der Waals surface area contributed by atoms with Crippen molar-refractivity contribution in [2.24, 2.45) is 0 Å². The predicted octanol–water partition coefficient (Wildman–Crippen LogP) is 12.3. The van der Waals surface area contributed by atoms with Crippen molar-refractivity contribution in [3.05, 3.63) is 134 Å². The van der Waals surface area contributed by atoms with E-state index < -0.39 is 0 Å². The molecular weight excluding hydrogens is 577 g/mol. The zero-order valence-corrected chi connectivity index (χ0v) is 25.0. The molecule has 0 atom stereocenters. The highest BCUT2D eigenvalue weighted by Crippen LogP contribution is 2.44. The lowest BCUT2D eigenvalue weighted by Crippen LogP contribution is -2.10. The molecule has 0 fully saturated rings. The Morgan fingerprint density at radius 3 is 1.98 bits per heavy atom. The summed E-state index contributed by atoms with van der Waals surface area (Å²) in [6.45, 7) is 0. The third-order valence-electron chi connectivity index (χ3n) is 8.70. The average Bonchev–Trinajstić information content (AvgIpc) is 3.75. The molecule has 6 aromatic carbocycles. The molecule has 0 saturated heterocycles. The molecule has 10 aromatic rings. The fourth-order valence-electron chi connectivity index (χ4n) is 6.70. The van der Waals surface area contributed by atoms with E-state index in [-0.39, 0.29) is 0 Å². The van der Waals surface area contributed by atoms with Crippen LogP contribution in [0.3, 0.4) is 0 Å². The number of furan rings is 1. The van der Waals surface area contributed by atoms with E-state index >= 15 is 0 Å². The topological polar surface area (TPSA) is 29.3 Å². The predicted molar refractivity (Wildman–Crippen MR) is 189 cm³/mol. The molecule has 5 heteroatoms. The van der Waals surface area contributed by atoms with Crippen molar-refractivity contribution in [2.45, 2.75) is 0 Å². The Bertz CT molecular complexity index is 2750. The highest BCUT2D eigenvalue weighted by atomic mass is 32.1. The van der Waals surface area contributed by atoms with Crippen molar-refractivity contribution in [1.29, 1.82) is 0 Å². The molecule has 0 aliphatic heterocycles. The van der Waals surface area contributed by atoms with Gasteiger partial charge in [0.15, 0.2) is 0 Å². The van der Waals surface area contributed by atoms with Gasteiger partial charge in [0, 0.05) is 57.1 Å². The van der Waals surface area contributed by atoms with Crippen molar-refractivity contribution in [2.75, 3.05) is 4.90 Å². The van der Waals surface area contributed by atoms with Gasteiger partial charge < -0.3 is 9.32 Å². The Balaban J connectivity index is 1.25. The van der Waals surface area contributed by atoms with Crippen LogP contribution in [-0.4, -0.2) is 4.98 Å². The lowest BCUT2D eigenvalue weighted by molar-refractivity contribution is 0.654. The molecule has 44 heavy (non-hydrogen) atoms. The SMILES string of the molecule is c1ccc2c(c1)ccc1oc3ncc(N(c4ccc5c(c4)sc4ccccc45)c4ccc5sc6ccccc6c5c4)cc3c12. The monoisotopic (exact) mass is 598 g/mol. The minimum atomic E-state index is 0.652. The first kappa shape index (κ1) is 24.2. The zero-order valence-electron chi connectivity index (χ0n) is 23.3. The maximum Gasteiger partial charge on any atom is 0.227 e. The summed E-state index contributed by atoms with van der Waals surface area (Å²) in [5.41, 5.74) is 4.70. The molecular formula is C39H22N2OS2. The summed E-state index contributed by atoms with van der Waals surface area (Å²) < 4.78 is 11.4. The average molecular weight is 599 g/mol. The van der Waals surface area contributed by atoms with Crippen LogP contribution in [0.15, 0.2) is 138 Å². The van der Waals surface area contributed by atoms with Crippen LogP contribution in [0.25, 0.3) is 73.2 Å². The molecule has 0 radical (unpaired) electrons. The van der Waals surface area contributed by atoms with Crippen LogP contribution in [0.4, 0.5) is 17.1 Å². The first-order chi connectivity index (χ1) is 21.8.